The zero-order chi connectivity index (χ0) is 14.0. The molecule has 0 bridgehead atoms. The highest BCUT2D eigenvalue weighted by atomic mass is 35.5. The second-order valence-corrected chi connectivity index (χ2v) is 5.11. The SMILES string of the molecule is NCC1CCCN(c2cc(Cl)c(F)cc2[N+](=O)[O-])C1. The minimum atomic E-state index is -0.774. The van der Waals surface area contributed by atoms with Crippen molar-refractivity contribution in [1.29, 1.82) is 0 Å². The molecule has 0 amide bonds. The zero-order valence-corrected chi connectivity index (χ0v) is 11.1. The summed E-state index contributed by atoms with van der Waals surface area (Å²) in [5.41, 5.74) is 5.77. The highest BCUT2D eigenvalue weighted by Crippen LogP contribution is 2.35. The molecule has 1 aromatic carbocycles. The number of piperidine rings is 1. The van der Waals surface area contributed by atoms with E-state index in [0.29, 0.717) is 31.2 Å². The van der Waals surface area contributed by atoms with Gasteiger partial charge in [-0.25, -0.2) is 4.39 Å². The van der Waals surface area contributed by atoms with Gasteiger partial charge < -0.3 is 10.6 Å². The molecule has 19 heavy (non-hydrogen) atoms. The first kappa shape index (κ1) is 14.0. The first-order valence-electron chi connectivity index (χ1n) is 6.11. The van der Waals surface area contributed by atoms with Crippen molar-refractivity contribution in [3.63, 3.8) is 0 Å². The predicted octanol–water partition coefficient (Wildman–Crippen LogP) is 2.56. The molecule has 0 aromatic heterocycles. The van der Waals surface area contributed by atoms with Crippen LogP contribution in [-0.4, -0.2) is 24.6 Å². The second kappa shape index (κ2) is 5.71. The number of nitro groups is 1. The molecule has 7 heteroatoms. The van der Waals surface area contributed by atoms with Crippen molar-refractivity contribution in [1.82, 2.24) is 0 Å². The van der Waals surface area contributed by atoms with Crippen LogP contribution in [0.3, 0.4) is 0 Å². The van der Waals surface area contributed by atoms with Gasteiger partial charge in [-0.15, -0.1) is 0 Å². The highest BCUT2D eigenvalue weighted by molar-refractivity contribution is 6.31. The number of hydrogen-bond acceptors (Lipinski definition) is 4. The van der Waals surface area contributed by atoms with Crippen molar-refractivity contribution < 1.29 is 9.31 Å². The van der Waals surface area contributed by atoms with E-state index in [1.807, 2.05) is 4.90 Å². The van der Waals surface area contributed by atoms with Crippen LogP contribution in [0.4, 0.5) is 15.8 Å². The fraction of sp³-hybridized carbons (Fsp3) is 0.500. The number of nitrogens with zero attached hydrogens (tertiary/aromatic N) is 2. The van der Waals surface area contributed by atoms with Crippen LogP contribution in [0.2, 0.25) is 5.02 Å². The van der Waals surface area contributed by atoms with Crippen molar-refractivity contribution >= 4 is 23.0 Å². The molecule has 1 saturated heterocycles. The largest absolute Gasteiger partial charge is 0.366 e. The number of nitro benzene ring substituents is 1. The molecule has 104 valence electrons. The van der Waals surface area contributed by atoms with Crippen molar-refractivity contribution in [2.75, 3.05) is 24.5 Å². The highest BCUT2D eigenvalue weighted by Gasteiger charge is 2.26. The monoisotopic (exact) mass is 287 g/mol. The molecule has 1 unspecified atom stereocenters. The molecule has 2 rings (SSSR count). The summed E-state index contributed by atoms with van der Waals surface area (Å²) in [6.07, 6.45) is 1.92. The van der Waals surface area contributed by atoms with Gasteiger partial charge in [0.15, 0.2) is 0 Å². The smallest absolute Gasteiger partial charge is 0.295 e. The first-order chi connectivity index (χ1) is 9.02. The van der Waals surface area contributed by atoms with Crippen molar-refractivity contribution in [3.05, 3.63) is 33.1 Å². The molecule has 0 aliphatic carbocycles. The molecular formula is C12H15ClFN3O2. The lowest BCUT2D eigenvalue weighted by Gasteiger charge is -2.33. The summed E-state index contributed by atoms with van der Waals surface area (Å²) < 4.78 is 13.4. The van der Waals surface area contributed by atoms with Crippen LogP contribution in [0, 0.1) is 21.8 Å². The Bertz CT molecular complexity index is 498. The summed E-state index contributed by atoms with van der Waals surface area (Å²) in [6, 6.07) is 2.21. The van der Waals surface area contributed by atoms with E-state index in [1.165, 1.54) is 6.07 Å². The van der Waals surface area contributed by atoms with Crippen molar-refractivity contribution in [2.24, 2.45) is 11.7 Å². The second-order valence-electron chi connectivity index (χ2n) is 4.70. The van der Waals surface area contributed by atoms with E-state index >= 15 is 0 Å². The predicted molar refractivity (Wildman–Crippen MR) is 72.1 cm³/mol. The number of nitrogens with two attached hydrogens (primary N) is 1. The number of halogens is 2. The first-order valence-corrected chi connectivity index (χ1v) is 6.49. The molecule has 0 radical (unpaired) electrons. The summed E-state index contributed by atoms with van der Waals surface area (Å²) in [5.74, 6) is -0.471. The van der Waals surface area contributed by atoms with Gasteiger partial charge >= 0.3 is 0 Å². The van der Waals surface area contributed by atoms with Gasteiger partial charge in [-0.05, 0) is 31.4 Å². The number of hydrogen-bond donors (Lipinski definition) is 1. The van der Waals surface area contributed by atoms with Crippen LogP contribution in [0.1, 0.15) is 12.8 Å². The van der Waals surface area contributed by atoms with Crippen LogP contribution in [0.25, 0.3) is 0 Å². The lowest BCUT2D eigenvalue weighted by molar-refractivity contribution is -0.384. The van der Waals surface area contributed by atoms with Gasteiger partial charge in [-0.2, -0.15) is 0 Å². The van der Waals surface area contributed by atoms with E-state index in [9.17, 15) is 14.5 Å². The van der Waals surface area contributed by atoms with Crippen LogP contribution in [0.15, 0.2) is 12.1 Å². The molecule has 5 nitrogen and oxygen atoms in total. The van der Waals surface area contributed by atoms with E-state index < -0.39 is 10.7 Å². The minimum absolute atomic E-state index is 0.101. The molecule has 0 saturated carbocycles. The zero-order valence-electron chi connectivity index (χ0n) is 10.3. The summed E-state index contributed by atoms with van der Waals surface area (Å²) in [5, 5.41) is 10.9. The molecule has 2 N–H and O–H groups in total. The Morgan fingerprint density at radius 3 is 2.95 bits per heavy atom. The van der Waals surface area contributed by atoms with Gasteiger partial charge in [-0.1, -0.05) is 11.6 Å². The standard InChI is InChI=1S/C12H15ClFN3O2/c13-9-4-11(12(17(18)19)5-10(9)14)16-3-1-2-8(6-15)7-16/h4-5,8H,1-3,6-7,15H2. The summed E-state index contributed by atoms with van der Waals surface area (Å²) in [4.78, 5) is 12.3. The maximum absolute atomic E-state index is 13.4. The van der Waals surface area contributed by atoms with Gasteiger partial charge in [0.1, 0.15) is 11.5 Å². The third-order valence-electron chi connectivity index (χ3n) is 3.41. The van der Waals surface area contributed by atoms with Crippen LogP contribution in [0.5, 0.6) is 0 Å². The summed E-state index contributed by atoms with van der Waals surface area (Å²) >= 11 is 5.73. The maximum Gasteiger partial charge on any atom is 0.295 e. The van der Waals surface area contributed by atoms with Crippen LogP contribution < -0.4 is 10.6 Å². The lowest BCUT2D eigenvalue weighted by Crippen LogP contribution is -2.38. The molecular weight excluding hydrogens is 273 g/mol. The Balaban J connectivity index is 2.37. The molecule has 1 atom stereocenters. The van der Waals surface area contributed by atoms with Crippen LogP contribution in [-0.2, 0) is 0 Å². The quantitative estimate of drug-likeness (QED) is 0.685. The fourth-order valence-electron chi connectivity index (χ4n) is 2.40. The summed E-state index contributed by atoms with van der Waals surface area (Å²) in [6.45, 7) is 1.87. The van der Waals surface area contributed by atoms with E-state index in [2.05, 4.69) is 0 Å². The summed E-state index contributed by atoms with van der Waals surface area (Å²) in [7, 11) is 0. The van der Waals surface area contributed by atoms with Gasteiger partial charge in [0.05, 0.1) is 16.0 Å². The molecule has 1 heterocycles. The number of rotatable bonds is 3. The van der Waals surface area contributed by atoms with Gasteiger partial charge in [-0.3, -0.25) is 10.1 Å². The molecule has 1 aliphatic rings. The van der Waals surface area contributed by atoms with E-state index in [4.69, 9.17) is 17.3 Å². The van der Waals surface area contributed by atoms with E-state index in [1.54, 1.807) is 0 Å². The third kappa shape index (κ3) is 2.96. The minimum Gasteiger partial charge on any atom is -0.366 e. The topological polar surface area (TPSA) is 72.4 Å². The molecule has 0 spiro atoms. The van der Waals surface area contributed by atoms with Gasteiger partial charge in [0, 0.05) is 13.1 Å². The fourth-order valence-corrected chi connectivity index (χ4v) is 2.56. The third-order valence-corrected chi connectivity index (χ3v) is 3.70. The molecule has 1 fully saturated rings. The molecule has 1 aliphatic heterocycles. The average molecular weight is 288 g/mol. The average Bonchev–Trinajstić information content (AvgIpc) is 2.41. The van der Waals surface area contributed by atoms with Gasteiger partial charge in [0.2, 0.25) is 0 Å². The van der Waals surface area contributed by atoms with Crippen molar-refractivity contribution in [2.45, 2.75) is 12.8 Å². The normalized spacial score (nSPS) is 19.5. The maximum atomic E-state index is 13.4. The lowest BCUT2D eigenvalue weighted by atomic mass is 9.97. The Kier molecular flexibility index (Phi) is 4.21. The van der Waals surface area contributed by atoms with Gasteiger partial charge in [0.25, 0.3) is 5.69 Å². The van der Waals surface area contributed by atoms with E-state index in [-0.39, 0.29) is 10.7 Å². The van der Waals surface area contributed by atoms with Crippen LogP contribution >= 0.6 is 11.6 Å². The Labute approximate surface area is 115 Å². The Morgan fingerprint density at radius 2 is 2.32 bits per heavy atom. The number of benzene rings is 1. The van der Waals surface area contributed by atoms with E-state index in [0.717, 1.165) is 18.9 Å². The number of anilines is 1. The Hall–Kier alpha value is -1.40. The van der Waals surface area contributed by atoms with Crippen molar-refractivity contribution in [3.8, 4) is 0 Å². The Morgan fingerprint density at radius 1 is 1.58 bits per heavy atom. The molecule has 1 aromatic rings.